The minimum absolute atomic E-state index is 0.271. The zero-order valence-corrected chi connectivity index (χ0v) is 9.97. The average Bonchev–Trinajstić information content (AvgIpc) is 2.10. The number of benzene rings is 1. The molecule has 0 aliphatic heterocycles. The summed E-state index contributed by atoms with van der Waals surface area (Å²) in [5.41, 5.74) is 0. The van der Waals surface area contributed by atoms with Crippen LogP contribution in [0.1, 0.15) is 20.3 Å². The van der Waals surface area contributed by atoms with Crippen molar-refractivity contribution in [3.63, 3.8) is 0 Å². The maximum Gasteiger partial charge on any atom is 0.136 e. The largest absolute Gasteiger partial charge is 0.492 e. The highest BCUT2D eigenvalue weighted by Crippen LogP contribution is 2.25. The molecule has 1 aromatic carbocycles. The van der Waals surface area contributed by atoms with Crippen LogP contribution in [0, 0.1) is 11.7 Å². The lowest BCUT2D eigenvalue weighted by Crippen LogP contribution is -2.01. The first-order valence-electron chi connectivity index (χ1n) is 4.67. The first kappa shape index (κ1) is 11.5. The van der Waals surface area contributed by atoms with Crippen molar-refractivity contribution >= 4 is 15.9 Å². The third-order valence-electron chi connectivity index (χ3n) is 1.85. The fourth-order valence-electron chi connectivity index (χ4n) is 0.992. The topological polar surface area (TPSA) is 9.23 Å². The highest BCUT2D eigenvalue weighted by Gasteiger charge is 2.03. The summed E-state index contributed by atoms with van der Waals surface area (Å²) in [6, 6.07) is 4.45. The zero-order valence-electron chi connectivity index (χ0n) is 8.39. The van der Waals surface area contributed by atoms with E-state index in [1.807, 2.05) is 0 Å². The third kappa shape index (κ3) is 3.66. The molecule has 0 fully saturated rings. The molecule has 0 saturated carbocycles. The highest BCUT2D eigenvalue weighted by atomic mass is 79.9. The van der Waals surface area contributed by atoms with Gasteiger partial charge in [-0.1, -0.05) is 13.8 Å². The third-order valence-corrected chi connectivity index (χ3v) is 2.50. The van der Waals surface area contributed by atoms with Gasteiger partial charge in [-0.3, -0.25) is 0 Å². The van der Waals surface area contributed by atoms with E-state index >= 15 is 0 Å². The Balaban J connectivity index is 2.53. The van der Waals surface area contributed by atoms with E-state index in [1.165, 1.54) is 12.1 Å². The van der Waals surface area contributed by atoms with Crippen LogP contribution >= 0.6 is 15.9 Å². The van der Waals surface area contributed by atoms with E-state index in [0.717, 1.165) is 10.9 Å². The Morgan fingerprint density at radius 3 is 2.79 bits per heavy atom. The molecule has 1 rings (SSSR count). The van der Waals surface area contributed by atoms with Gasteiger partial charge in [0.2, 0.25) is 0 Å². The molecule has 0 heterocycles. The van der Waals surface area contributed by atoms with Crippen molar-refractivity contribution in [3.05, 3.63) is 28.5 Å². The number of rotatable bonds is 4. The minimum Gasteiger partial charge on any atom is -0.492 e. The second-order valence-electron chi connectivity index (χ2n) is 3.61. The molecule has 0 aromatic heterocycles. The molecule has 3 heteroatoms. The van der Waals surface area contributed by atoms with Gasteiger partial charge in [0.1, 0.15) is 11.6 Å². The van der Waals surface area contributed by atoms with Crippen molar-refractivity contribution in [1.82, 2.24) is 0 Å². The van der Waals surface area contributed by atoms with Gasteiger partial charge in [-0.25, -0.2) is 4.39 Å². The molecule has 78 valence electrons. The van der Waals surface area contributed by atoms with Crippen LogP contribution < -0.4 is 4.74 Å². The van der Waals surface area contributed by atoms with Gasteiger partial charge in [-0.05, 0) is 40.4 Å². The van der Waals surface area contributed by atoms with Crippen molar-refractivity contribution in [2.45, 2.75) is 20.3 Å². The van der Waals surface area contributed by atoms with Crippen molar-refractivity contribution in [1.29, 1.82) is 0 Å². The van der Waals surface area contributed by atoms with Crippen LogP contribution in [0.5, 0.6) is 5.75 Å². The lowest BCUT2D eigenvalue weighted by atomic mass is 10.1. The predicted octanol–water partition coefficient (Wildman–Crippen LogP) is 4.01. The molecule has 0 atom stereocenters. The maximum atomic E-state index is 12.8. The van der Waals surface area contributed by atoms with Gasteiger partial charge in [-0.2, -0.15) is 0 Å². The van der Waals surface area contributed by atoms with Crippen LogP contribution in [-0.2, 0) is 0 Å². The summed E-state index contributed by atoms with van der Waals surface area (Å²) in [7, 11) is 0. The average molecular weight is 261 g/mol. The molecule has 0 aliphatic carbocycles. The Bertz CT molecular complexity index is 299. The Morgan fingerprint density at radius 1 is 1.43 bits per heavy atom. The Morgan fingerprint density at radius 2 is 2.14 bits per heavy atom. The van der Waals surface area contributed by atoms with Crippen molar-refractivity contribution < 1.29 is 9.13 Å². The first-order valence-corrected chi connectivity index (χ1v) is 5.46. The maximum absolute atomic E-state index is 12.8. The van der Waals surface area contributed by atoms with E-state index < -0.39 is 0 Å². The minimum atomic E-state index is -0.271. The summed E-state index contributed by atoms with van der Waals surface area (Å²) in [5.74, 6) is 0.903. The van der Waals surface area contributed by atoms with Crippen LogP contribution in [0.4, 0.5) is 4.39 Å². The fourth-order valence-corrected chi connectivity index (χ4v) is 1.35. The summed E-state index contributed by atoms with van der Waals surface area (Å²) < 4.78 is 19.1. The van der Waals surface area contributed by atoms with E-state index in [-0.39, 0.29) is 5.82 Å². The normalized spacial score (nSPS) is 10.6. The summed E-state index contributed by atoms with van der Waals surface area (Å²) in [6.45, 7) is 4.88. The standard InChI is InChI=1S/C11H14BrFO/c1-8(2)5-6-14-11-7-9(13)3-4-10(11)12/h3-4,7-8H,5-6H2,1-2H3. The Hall–Kier alpha value is -0.570. The molecule has 1 nitrogen and oxygen atoms in total. The molecule has 0 amide bonds. The quantitative estimate of drug-likeness (QED) is 0.795. The van der Waals surface area contributed by atoms with E-state index in [1.54, 1.807) is 6.07 Å². The van der Waals surface area contributed by atoms with Gasteiger partial charge in [0.25, 0.3) is 0 Å². The van der Waals surface area contributed by atoms with E-state index in [4.69, 9.17) is 4.74 Å². The van der Waals surface area contributed by atoms with Crippen LogP contribution in [0.25, 0.3) is 0 Å². The van der Waals surface area contributed by atoms with Crippen LogP contribution in [0.3, 0.4) is 0 Å². The Labute approximate surface area is 92.4 Å². The molecule has 0 aliphatic rings. The van der Waals surface area contributed by atoms with Gasteiger partial charge in [0.05, 0.1) is 11.1 Å². The first-order chi connectivity index (χ1) is 6.59. The summed E-state index contributed by atoms with van der Waals surface area (Å²) in [6.07, 6.45) is 0.975. The monoisotopic (exact) mass is 260 g/mol. The highest BCUT2D eigenvalue weighted by molar-refractivity contribution is 9.10. The van der Waals surface area contributed by atoms with E-state index in [9.17, 15) is 4.39 Å². The molecular weight excluding hydrogens is 247 g/mol. The van der Waals surface area contributed by atoms with Gasteiger partial charge >= 0.3 is 0 Å². The molecular formula is C11H14BrFO. The second kappa shape index (κ2) is 5.35. The summed E-state index contributed by atoms with van der Waals surface area (Å²) in [4.78, 5) is 0. The van der Waals surface area contributed by atoms with Gasteiger partial charge in [-0.15, -0.1) is 0 Å². The van der Waals surface area contributed by atoms with Crippen molar-refractivity contribution in [2.75, 3.05) is 6.61 Å². The summed E-state index contributed by atoms with van der Waals surface area (Å²) in [5, 5.41) is 0. The van der Waals surface area contributed by atoms with Gasteiger partial charge in [0.15, 0.2) is 0 Å². The fraction of sp³-hybridized carbons (Fsp3) is 0.455. The second-order valence-corrected chi connectivity index (χ2v) is 4.46. The molecule has 0 saturated heterocycles. The zero-order chi connectivity index (χ0) is 10.6. The molecule has 0 bridgehead atoms. The lowest BCUT2D eigenvalue weighted by molar-refractivity contribution is 0.286. The van der Waals surface area contributed by atoms with Crippen LogP contribution in [0.2, 0.25) is 0 Å². The predicted molar refractivity (Wildman–Crippen MR) is 59.1 cm³/mol. The number of hydrogen-bond donors (Lipinski definition) is 0. The molecule has 1 aromatic rings. The summed E-state index contributed by atoms with van der Waals surface area (Å²) >= 11 is 3.31. The molecule has 0 N–H and O–H groups in total. The van der Waals surface area contributed by atoms with Crippen molar-refractivity contribution in [2.24, 2.45) is 5.92 Å². The van der Waals surface area contributed by atoms with Crippen LogP contribution in [-0.4, -0.2) is 6.61 Å². The van der Waals surface area contributed by atoms with Crippen LogP contribution in [0.15, 0.2) is 22.7 Å². The smallest absolute Gasteiger partial charge is 0.136 e. The lowest BCUT2D eigenvalue weighted by Gasteiger charge is -2.09. The number of halogens is 2. The molecule has 0 spiro atoms. The van der Waals surface area contributed by atoms with Crippen molar-refractivity contribution in [3.8, 4) is 5.75 Å². The van der Waals surface area contributed by atoms with Gasteiger partial charge in [0, 0.05) is 6.07 Å². The number of ether oxygens (including phenoxy) is 1. The number of hydrogen-bond acceptors (Lipinski definition) is 1. The molecule has 0 unspecified atom stereocenters. The molecule has 0 radical (unpaired) electrons. The van der Waals surface area contributed by atoms with E-state index in [2.05, 4.69) is 29.8 Å². The van der Waals surface area contributed by atoms with Gasteiger partial charge < -0.3 is 4.74 Å². The van der Waals surface area contributed by atoms with E-state index in [0.29, 0.717) is 18.3 Å². The Kier molecular flexibility index (Phi) is 4.39. The molecule has 14 heavy (non-hydrogen) atoms. The SMILES string of the molecule is CC(C)CCOc1cc(F)ccc1Br.